The van der Waals surface area contributed by atoms with E-state index in [9.17, 15) is 9.90 Å². The second-order valence-corrected chi connectivity index (χ2v) is 15.8. The van der Waals surface area contributed by atoms with Gasteiger partial charge in [-0.1, -0.05) is 84.9 Å². The van der Waals surface area contributed by atoms with Gasteiger partial charge in [-0.15, -0.1) is 0 Å². The number of carbonyl (C=O) groups excluding carboxylic acids is 1. The van der Waals surface area contributed by atoms with Crippen LogP contribution in [0.5, 0.6) is 0 Å². The first-order chi connectivity index (χ1) is 24.3. The van der Waals surface area contributed by atoms with Crippen molar-refractivity contribution in [3.8, 4) is 0 Å². The molecule has 4 aromatic rings. The molecule has 5 fully saturated rings. The highest BCUT2D eigenvalue weighted by Crippen LogP contribution is 2.55. The number of hydrogen-bond donors (Lipinski definition) is 3. The first-order valence-corrected chi connectivity index (χ1v) is 18.7. The molecule has 1 aliphatic heterocycles. The lowest BCUT2D eigenvalue weighted by molar-refractivity contribution is -0.253. The van der Waals surface area contributed by atoms with Crippen molar-refractivity contribution in [2.75, 3.05) is 13.6 Å². The molecule has 0 aromatic heterocycles. The lowest BCUT2D eigenvalue weighted by atomic mass is 9.53. The highest BCUT2D eigenvalue weighted by Gasteiger charge is 2.51. The van der Waals surface area contributed by atoms with Crippen LogP contribution in [0.4, 0.5) is 4.79 Å². The number of ether oxygens (including phenoxy) is 2. The van der Waals surface area contributed by atoms with Crippen molar-refractivity contribution < 1.29 is 19.4 Å². The van der Waals surface area contributed by atoms with Gasteiger partial charge in [-0.25, -0.2) is 4.79 Å². The lowest BCUT2D eigenvalue weighted by Crippen LogP contribution is -2.61. The number of rotatable bonds is 10. The Labute approximate surface area is 296 Å². The average molecular weight is 674 g/mol. The second kappa shape index (κ2) is 14.1. The molecule has 5 aliphatic rings. The third-order valence-electron chi connectivity index (χ3n) is 12.1. The Hall–Kier alpha value is -3.75. The molecule has 4 bridgehead atoms. The van der Waals surface area contributed by atoms with E-state index in [0.29, 0.717) is 6.54 Å². The zero-order chi connectivity index (χ0) is 34.2. The summed E-state index contributed by atoms with van der Waals surface area (Å²) in [6, 6.07) is 31.7. The van der Waals surface area contributed by atoms with E-state index in [0.717, 1.165) is 72.2 Å². The molecular weight excluding hydrogens is 622 g/mol. The highest BCUT2D eigenvalue weighted by atomic mass is 16.7. The molecule has 9 rings (SSSR count). The van der Waals surface area contributed by atoms with Crippen LogP contribution < -0.4 is 10.6 Å². The van der Waals surface area contributed by atoms with Gasteiger partial charge in [0.25, 0.3) is 0 Å². The summed E-state index contributed by atoms with van der Waals surface area (Å²) in [7, 11) is 2.17. The Balaban J connectivity index is 0.928. The van der Waals surface area contributed by atoms with E-state index in [1.165, 1.54) is 35.6 Å². The quantitative estimate of drug-likeness (QED) is 0.158. The Kier molecular flexibility index (Phi) is 9.42. The molecule has 4 aromatic carbocycles. The van der Waals surface area contributed by atoms with E-state index in [1.807, 2.05) is 12.1 Å². The van der Waals surface area contributed by atoms with E-state index in [2.05, 4.69) is 108 Å². The van der Waals surface area contributed by atoms with Gasteiger partial charge in [0, 0.05) is 36.7 Å². The fraction of sp³-hybridized carbons (Fsp3) is 0.465. The molecule has 1 saturated heterocycles. The number of fused-ring (bicyclic) bond motifs is 1. The number of urea groups is 1. The fourth-order valence-electron chi connectivity index (χ4n) is 9.76. The number of amides is 2. The van der Waals surface area contributed by atoms with Gasteiger partial charge in [0.05, 0.1) is 18.8 Å². The summed E-state index contributed by atoms with van der Waals surface area (Å²) in [5.41, 5.74) is 5.25. The highest BCUT2D eigenvalue weighted by molar-refractivity contribution is 5.83. The van der Waals surface area contributed by atoms with Gasteiger partial charge in [0.15, 0.2) is 6.29 Å². The summed E-state index contributed by atoms with van der Waals surface area (Å²) < 4.78 is 13.3. The molecule has 4 atom stereocenters. The predicted octanol–water partition coefficient (Wildman–Crippen LogP) is 8.34. The van der Waals surface area contributed by atoms with Crippen molar-refractivity contribution in [1.82, 2.24) is 15.5 Å². The number of aliphatic hydroxyl groups is 1. The molecular formula is C43H51N3O4. The fourth-order valence-corrected chi connectivity index (χ4v) is 9.76. The standard InChI is InChI=1S/C43H51N3O4/c1-28(37-16-15-34-5-3-4-6-38(34)20-37)46(2)26-39-21-40(35-11-9-30(27-47)10-12-35)50-41(49-39)36-13-7-29(8-14-36)25-44-42(48)45-43-22-31-17-32(23-43)19-33(18-31)24-43/h3-16,20,28,31-33,39-41,47H,17-19,21-27H2,1-2H3,(H2,44,45,48). The first-order valence-electron chi connectivity index (χ1n) is 18.7. The number of hydrogen-bond acceptors (Lipinski definition) is 5. The maximum absolute atomic E-state index is 13.1. The van der Waals surface area contributed by atoms with Gasteiger partial charge in [0.1, 0.15) is 0 Å². The zero-order valence-electron chi connectivity index (χ0n) is 29.4. The smallest absolute Gasteiger partial charge is 0.315 e. The van der Waals surface area contributed by atoms with Gasteiger partial charge in [-0.2, -0.15) is 0 Å². The molecule has 4 saturated carbocycles. The van der Waals surface area contributed by atoms with Crippen LogP contribution in [0.3, 0.4) is 0 Å². The summed E-state index contributed by atoms with van der Waals surface area (Å²) in [6.07, 6.45) is 7.53. The molecule has 4 aliphatic carbocycles. The SMILES string of the molecule is CC(c1ccc2ccccc2c1)N(C)CC1CC(c2ccc(CO)cc2)OC(c2ccc(CNC(=O)NC34CC5CC(CC(C5)C3)C4)cc2)O1. The van der Waals surface area contributed by atoms with E-state index < -0.39 is 6.29 Å². The molecule has 4 unspecified atom stereocenters. The van der Waals surface area contributed by atoms with E-state index >= 15 is 0 Å². The monoisotopic (exact) mass is 673 g/mol. The van der Waals surface area contributed by atoms with Crippen molar-refractivity contribution in [2.45, 2.75) is 95.1 Å². The van der Waals surface area contributed by atoms with Crippen molar-refractivity contribution >= 4 is 16.8 Å². The third kappa shape index (κ3) is 7.20. The van der Waals surface area contributed by atoms with Crippen molar-refractivity contribution in [3.05, 3.63) is 119 Å². The zero-order valence-corrected chi connectivity index (χ0v) is 29.4. The number of nitrogens with one attached hydrogen (secondary N) is 2. The predicted molar refractivity (Wildman–Crippen MR) is 196 cm³/mol. The van der Waals surface area contributed by atoms with Crippen molar-refractivity contribution in [2.24, 2.45) is 17.8 Å². The van der Waals surface area contributed by atoms with Crippen molar-refractivity contribution in [3.63, 3.8) is 0 Å². The molecule has 7 nitrogen and oxygen atoms in total. The summed E-state index contributed by atoms with van der Waals surface area (Å²) in [5, 5.41) is 18.7. The summed E-state index contributed by atoms with van der Waals surface area (Å²) in [5.74, 6) is 2.39. The Bertz CT molecular complexity index is 1760. The van der Waals surface area contributed by atoms with Gasteiger partial charge < -0.3 is 25.2 Å². The number of likely N-dealkylation sites (N-methyl/N-ethyl adjacent to an activating group) is 1. The number of benzene rings is 4. The van der Waals surface area contributed by atoms with Crippen molar-refractivity contribution in [1.29, 1.82) is 0 Å². The van der Waals surface area contributed by atoms with E-state index in [4.69, 9.17) is 9.47 Å². The van der Waals surface area contributed by atoms with Gasteiger partial charge >= 0.3 is 6.03 Å². The Morgan fingerprint density at radius 2 is 1.46 bits per heavy atom. The normalized spacial score (nSPS) is 29.3. The van der Waals surface area contributed by atoms with Gasteiger partial charge in [0.2, 0.25) is 0 Å². The molecule has 2 amide bonds. The van der Waals surface area contributed by atoms with E-state index in [-0.39, 0.29) is 36.4 Å². The molecule has 50 heavy (non-hydrogen) atoms. The number of nitrogens with zero attached hydrogens (tertiary/aromatic N) is 1. The third-order valence-corrected chi connectivity index (χ3v) is 12.1. The first kappa shape index (κ1) is 33.4. The van der Waals surface area contributed by atoms with Crippen LogP contribution in [0, 0.1) is 17.8 Å². The molecule has 262 valence electrons. The molecule has 7 heteroatoms. The number of aliphatic hydroxyl groups excluding tert-OH is 1. The van der Waals surface area contributed by atoms with Crippen LogP contribution in [-0.4, -0.2) is 41.3 Å². The topological polar surface area (TPSA) is 83.1 Å². The average Bonchev–Trinajstić information content (AvgIpc) is 3.13. The van der Waals surface area contributed by atoms with Crippen LogP contribution >= 0.6 is 0 Å². The van der Waals surface area contributed by atoms with Crippen LogP contribution in [0.1, 0.15) is 98.1 Å². The number of carbonyl (C=O) groups is 1. The summed E-state index contributed by atoms with van der Waals surface area (Å²) in [4.78, 5) is 15.4. The van der Waals surface area contributed by atoms with Gasteiger partial charge in [-0.3, -0.25) is 4.90 Å². The van der Waals surface area contributed by atoms with Gasteiger partial charge in [-0.05, 0) is 109 Å². The van der Waals surface area contributed by atoms with Crippen LogP contribution in [-0.2, 0) is 22.6 Å². The minimum absolute atomic E-state index is 0.00514. The molecule has 3 N–H and O–H groups in total. The molecule has 1 heterocycles. The largest absolute Gasteiger partial charge is 0.392 e. The van der Waals surface area contributed by atoms with Crippen LogP contribution in [0.15, 0.2) is 91.0 Å². The maximum atomic E-state index is 13.1. The lowest BCUT2D eigenvalue weighted by Gasteiger charge is -2.56. The Morgan fingerprint density at radius 3 is 2.14 bits per heavy atom. The van der Waals surface area contributed by atoms with E-state index in [1.54, 1.807) is 0 Å². The van der Waals surface area contributed by atoms with Crippen LogP contribution in [0.2, 0.25) is 0 Å². The van der Waals surface area contributed by atoms with Crippen LogP contribution in [0.25, 0.3) is 10.8 Å². The summed E-state index contributed by atoms with van der Waals surface area (Å²) in [6.45, 7) is 3.50. The minimum Gasteiger partial charge on any atom is -0.392 e. The molecule has 0 spiro atoms. The molecule has 0 radical (unpaired) electrons. The Morgan fingerprint density at radius 1 is 0.820 bits per heavy atom. The second-order valence-electron chi connectivity index (χ2n) is 15.8. The summed E-state index contributed by atoms with van der Waals surface area (Å²) >= 11 is 0. The minimum atomic E-state index is -0.526. The maximum Gasteiger partial charge on any atom is 0.315 e.